The molecule has 1 unspecified atom stereocenters. The Labute approximate surface area is 222 Å². The fourth-order valence-electron chi connectivity index (χ4n) is 6.33. The summed E-state index contributed by atoms with van der Waals surface area (Å²) >= 11 is 5.80. The molecule has 0 spiro atoms. The van der Waals surface area contributed by atoms with Crippen LogP contribution in [-0.4, -0.2) is 47.3 Å². The van der Waals surface area contributed by atoms with E-state index in [1.165, 1.54) is 76.2 Å². The van der Waals surface area contributed by atoms with E-state index in [0.29, 0.717) is 17.1 Å². The van der Waals surface area contributed by atoms with Crippen molar-refractivity contribution in [2.45, 2.75) is 89.0 Å². The summed E-state index contributed by atoms with van der Waals surface area (Å²) in [6.45, 7) is 6.33. The van der Waals surface area contributed by atoms with Crippen molar-refractivity contribution >= 4 is 34.9 Å². The molecule has 3 heterocycles. The SMILES string of the molecule is CC1CCCCN1c1cc(N2CCCCC2)nc(NC(=S)NCC2(c3ccccc3)CCCCC2)n1. The summed E-state index contributed by atoms with van der Waals surface area (Å²) in [6.07, 6.45) is 13.8. The number of thiocarbonyl (C=S) groups is 1. The summed E-state index contributed by atoms with van der Waals surface area (Å²) in [7, 11) is 0. The van der Waals surface area contributed by atoms with Crippen molar-refractivity contribution in [3.8, 4) is 0 Å². The molecule has 36 heavy (non-hydrogen) atoms. The Morgan fingerprint density at radius 2 is 1.61 bits per heavy atom. The lowest BCUT2D eigenvalue weighted by Crippen LogP contribution is -2.44. The summed E-state index contributed by atoms with van der Waals surface area (Å²) in [5, 5.41) is 7.54. The number of nitrogens with one attached hydrogen (secondary N) is 2. The van der Waals surface area contributed by atoms with Crippen LogP contribution < -0.4 is 20.4 Å². The maximum Gasteiger partial charge on any atom is 0.232 e. The Morgan fingerprint density at radius 3 is 2.36 bits per heavy atom. The molecule has 5 rings (SSSR count). The molecule has 7 heteroatoms. The quantitative estimate of drug-likeness (QED) is 0.464. The monoisotopic (exact) mass is 506 g/mol. The predicted octanol–water partition coefficient (Wildman–Crippen LogP) is 6.03. The van der Waals surface area contributed by atoms with Gasteiger partial charge in [-0.15, -0.1) is 0 Å². The fraction of sp³-hybridized carbons (Fsp3) is 0.621. The average molecular weight is 507 g/mol. The third kappa shape index (κ3) is 5.93. The van der Waals surface area contributed by atoms with E-state index in [2.05, 4.69) is 63.8 Å². The van der Waals surface area contributed by atoms with E-state index in [1.54, 1.807) is 0 Å². The van der Waals surface area contributed by atoms with Gasteiger partial charge in [0.15, 0.2) is 5.11 Å². The van der Waals surface area contributed by atoms with Gasteiger partial charge in [-0.1, -0.05) is 49.6 Å². The molecule has 1 aliphatic carbocycles. The van der Waals surface area contributed by atoms with Gasteiger partial charge < -0.3 is 20.4 Å². The maximum atomic E-state index is 5.80. The van der Waals surface area contributed by atoms with Gasteiger partial charge in [0.1, 0.15) is 11.6 Å². The van der Waals surface area contributed by atoms with Gasteiger partial charge in [0.05, 0.1) is 0 Å². The van der Waals surface area contributed by atoms with E-state index < -0.39 is 0 Å². The first-order chi connectivity index (χ1) is 17.6. The van der Waals surface area contributed by atoms with Crippen LogP contribution >= 0.6 is 12.2 Å². The van der Waals surface area contributed by atoms with Crippen molar-refractivity contribution in [2.75, 3.05) is 41.3 Å². The summed E-state index contributed by atoms with van der Waals surface area (Å²) in [4.78, 5) is 14.8. The zero-order chi connectivity index (χ0) is 24.8. The van der Waals surface area contributed by atoms with Crippen LogP contribution in [0.4, 0.5) is 17.6 Å². The Bertz CT molecular complexity index is 1000. The van der Waals surface area contributed by atoms with E-state index >= 15 is 0 Å². The molecular formula is C29H42N6S. The first-order valence-electron chi connectivity index (χ1n) is 14.1. The smallest absolute Gasteiger partial charge is 0.232 e. The van der Waals surface area contributed by atoms with Crippen molar-refractivity contribution in [1.29, 1.82) is 0 Å². The molecule has 1 atom stereocenters. The minimum absolute atomic E-state index is 0.135. The summed E-state index contributed by atoms with van der Waals surface area (Å²) in [5.41, 5.74) is 1.56. The summed E-state index contributed by atoms with van der Waals surface area (Å²) in [5.74, 6) is 2.66. The average Bonchev–Trinajstić information content (AvgIpc) is 2.93. The molecule has 6 nitrogen and oxygen atoms in total. The summed E-state index contributed by atoms with van der Waals surface area (Å²) < 4.78 is 0. The number of hydrogen-bond donors (Lipinski definition) is 2. The Balaban J connectivity index is 1.33. The third-order valence-electron chi connectivity index (χ3n) is 8.49. The molecule has 2 saturated heterocycles. The van der Waals surface area contributed by atoms with E-state index in [1.807, 2.05) is 0 Å². The molecule has 3 fully saturated rings. The van der Waals surface area contributed by atoms with Crippen LogP contribution in [0.25, 0.3) is 0 Å². The highest BCUT2D eigenvalue weighted by atomic mass is 32.1. The Morgan fingerprint density at radius 1 is 0.917 bits per heavy atom. The van der Waals surface area contributed by atoms with Crippen molar-refractivity contribution in [3.63, 3.8) is 0 Å². The number of benzene rings is 1. The van der Waals surface area contributed by atoms with Gasteiger partial charge in [-0.3, -0.25) is 0 Å². The maximum absolute atomic E-state index is 5.80. The van der Waals surface area contributed by atoms with Crippen molar-refractivity contribution in [1.82, 2.24) is 15.3 Å². The van der Waals surface area contributed by atoms with Crippen LogP contribution in [0.2, 0.25) is 0 Å². The fourth-order valence-corrected chi connectivity index (χ4v) is 6.49. The van der Waals surface area contributed by atoms with Crippen molar-refractivity contribution in [3.05, 3.63) is 42.0 Å². The van der Waals surface area contributed by atoms with Crippen LogP contribution in [0, 0.1) is 0 Å². The number of hydrogen-bond acceptors (Lipinski definition) is 5. The highest BCUT2D eigenvalue weighted by Crippen LogP contribution is 2.39. The molecule has 1 aromatic heterocycles. The highest BCUT2D eigenvalue weighted by molar-refractivity contribution is 7.80. The molecule has 1 saturated carbocycles. The lowest BCUT2D eigenvalue weighted by Gasteiger charge is -2.38. The Hall–Kier alpha value is -2.41. The van der Waals surface area contributed by atoms with Gasteiger partial charge >= 0.3 is 0 Å². The largest absolute Gasteiger partial charge is 0.361 e. The predicted molar refractivity (Wildman–Crippen MR) is 154 cm³/mol. The first-order valence-corrected chi connectivity index (χ1v) is 14.5. The second-order valence-corrected chi connectivity index (χ2v) is 11.4. The standard InChI is InChI=1S/C29H42N6S/c1-23-13-7-12-20-35(23)26-21-25(34-18-10-4-11-19-34)31-27(32-26)33-28(36)30-22-29(16-8-3-9-17-29)24-14-5-2-6-15-24/h2,5-6,14-15,21,23H,3-4,7-13,16-20,22H2,1H3,(H2,30,31,32,33,36). The number of piperidine rings is 2. The van der Waals surface area contributed by atoms with Gasteiger partial charge in [-0.2, -0.15) is 9.97 Å². The number of anilines is 3. The zero-order valence-corrected chi connectivity index (χ0v) is 22.7. The highest BCUT2D eigenvalue weighted by Gasteiger charge is 2.34. The molecule has 2 aliphatic heterocycles. The van der Waals surface area contributed by atoms with E-state index in [0.717, 1.165) is 37.8 Å². The molecule has 2 aromatic rings. The normalized spacial score (nSPS) is 22.2. The van der Waals surface area contributed by atoms with Crippen molar-refractivity contribution < 1.29 is 0 Å². The molecule has 0 bridgehead atoms. The second-order valence-electron chi connectivity index (χ2n) is 11.0. The lowest BCUT2D eigenvalue weighted by molar-refractivity contribution is 0.292. The van der Waals surface area contributed by atoms with E-state index in [-0.39, 0.29) is 5.41 Å². The van der Waals surface area contributed by atoms with Crippen LogP contribution in [0.15, 0.2) is 36.4 Å². The minimum atomic E-state index is 0.135. The van der Waals surface area contributed by atoms with Crippen molar-refractivity contribution in [2.24, 2.45) is 0 Å². The molecule has 0 radical (unpaired) electrons. The number of aromatic nitrogens is 2. The van der Waals surface area contributed by atoms with E-state index in [4.69, 9.17) is 22.2 Å². The topological polar surface area (TPSA) is 56.3 Å². The van der Waals surface area contributed by atoms with Crippen LogP contribution in [0.3, 0.4) is 0 Å². The number of nitrogens with zero attached hydrogens (tertiary/aromatic N) is 4. The van der Waals surface area contributed by atoms with Crippen LogP contribution in [-0.2, 0) is 5.41 Å². The number of rotatable bonds is 6. The minimum Gasteiger partial charge on any atom is -0.361 e. The second kappa shape index (κ2) is 11.8. The molecule has 0 amide bonds. The molecular weight excluding hydrogens is 464 g/mol. The molecule has 1 aromatic carbocycles. The van der Waals surface area contributed by atoms with Crippen LogP contribution in [0.5, 0.6) is 0 Å². The summed E-state index contributed by atoms with van der Waals surface area (Å²) in [6, 6.07) is 13.7. The Kier molecular flexibility index (Phi) is 8.25. The zero-order valence-electron chi connectivity index (χ0n) is 21.8. The molecule has 2 N–H and O–H groups in total. The lowest BCUT2D eigenvalue weighted by atomic mass is 9.69. The van der Waals surface area contributed by atoms with Crippen LogP contribution in [0.1, 0.15) is 83.1 Å². The molecule has 194 valence electrons. The van der Waals surface area contributed by atoms with Gasteiger partial charge in [0, 0.05) is 43.7 Å². The van der Waals surface area contributed by atoms with E-state index in [9.17, 15) is 0 Å². The third-order valence-corrected chi connectivity index (χ3v) is 8.73. The first kappa shape index (κ1) is 25.2. The molecule has 3 aliphatic rings. The van der Waals surface area contributed by atoms with Gasteiger partial charge in [0.25, 0.3) is 0 Å². The van der Waals surface area contributed by atoms with Gasteiger partial charge in [-0.25, -0.2) is 0 Å². The van der Waals surface area contributed by atoms with Gasteiger partial charge in [0.2, 0.25) is 5.95 Å². The van der Waals surface area contributed by atoms with Gasteiger partial charge in [-0.05, 0) is 76.1 Å².